The Bertz CT molecular complexity index is 466. The maximum absolute atomic E-state index is 11.3. The molecule has 0 unspecified atom stereocenters. The highest BCUT2D eigenvalue weighted by Gasteiger charge is 2.04. The molecule has 0 heterocycles. The second-order valence-electron chi connectivity index (χ2n) is 3.44. The van der Waals surface area contributed by atoms with Crippen molar-refractivity contribution >= 4 is 16.2 Å². The Morgan fingerprint density at radius 2 is 2.00 bits per heavy atom. The molecule has 0 radical (unpaired) electrons. The van der Waals surface area contributed by atoms with E-state index in [1.165, 1.54) is 6.21 Å². The van der Waals surface area contributed by atoms with E-state index < -0.39 is 10.0 Å². The van der Waals surface area contributed by atoms with Crippen LogP contribution in [-0.2, 0) is 10.0 Å². The third kappa shape index (κ3) is 4.86. The fourth-order valence-electron chi connectivity index (χ4n) is 1.19. The monoisotopic (exact) mass is 256 g/mol. The molecule has 0 aliphatic heterocycles. The predicted molar refractivity (Wildman–Crippen MR) is 67.8 cm³/mol. The molecular formula is C11H16N2O3S. The number of rotatable bonds is 6. The molecule has 1 rings (SSSR count). The SMILES string of the molecule is CCCS(=O)(=O)N/N=C\c1ccc(OC)cc1. The normalized spacial score (nSPS) is 11.6. The first kappa shape index (κ1) is 13.5. The number of ether oxygens (including phenoxy) is 1. The molecule has 0 aliphatic rings. The van der Waals surface area contributed by atoms with E-state index in [2.05, 4.69) is 9.93 Å². The molecule has 5 nitrogen and oxygen atoms in total. The summed E-state index contributed by atoms with van der Waals surface area (Å²) in [5.41, 5.74) is 0.796. The minimum Gasteiger partial charge on any atom is -0.497 e. The van der Waals surface area contributed by atoms with Crippen molar-refractivity contribution in [3.05, 3.63) is 29.8 Å². The summed E-state index contributed by atoms with van der Waals surface area (Å²) < 4.78 is 27.6. The highest BCUT2D eigenvalue weighted by Crippen LogP contribution is 2.09. The van der Waals surface area contributed by atoms with Crippen LogP contribution in [0.25, 0.3) is 0 Å². The molecule has 0 atom stereocenters. The number of sulfonamides is 1. The van der Waals surface area contributed by atoms with Gasteiger partial charge in [-0.1, -0.05) is 6.92 Å². The highest BCUT2D eigenvalue weighted by atomic mass is 32.2. The van der Waals surface area contributed by atoms with Crippen molar-refractivity contribution in [3.63, 3.8) is 0 Å². The predicted octanol–water partition coefficient (Wildman–Crippen LogP) is 1.36. The number of hydrogen-bond donors (Lipinski definition) is 1. The lowest BCUT2D eigenvalue weighted by Crippen LogP contribution is -2.21. The average Bonchev–Trinajstić information content (AvgIpc) is 2.29. The molecule has 0 spiro atoms. The van der Waals surface area contributed by atoms with Gasteiger partial charge in [0.1, 0.15) is 5.75 Å². The van der Waals surface area contributed by atoms with Crippen LogP contribution in [0.2, 0.25) is 0 Å². The van der Waals surface area contributed by atoms with Crippen LogP contribution >= 0.6 is 0 Å². The molecule has 0 fully saturated rings. The van der Waals surface area contributed by atoms with Crippen LogP contribution < -0.4 is 9.57 Å². The Hall–Kier alpha value is -1.56. The molecule has 0 saturated heterocycles. The molecule has 1 N–H and O–H groups in total. The zero-order chi connectivity index (χ0) is 12.7. The third-order valence-electron chi connectivity index (χ3n) is 1.99. The first-order valence-corrected chi connectivity index (χ1v) is 6.89. The smallest absolute Gasteiger partial charge is 0.247 e. The van der Waals surface area contributed by atoms with Gasteiger partial charge >= 0.3 is 0 Å². The summed E-state index contributed by atoms with van der Waals surface area (Å²) in [4.78, 5) is 2.15. The number of hydrazone groups is 1. The minimum absolute atomic E-state index is 0.0763. The van der Waals surface area contributed by atoms with Crippen LogP contribution in [0.1, 0.15) is 18.9 Å². The first-order valence-electron chi connectivity index (χ1n) is 5.24. The van der Waals surface area contributed by atoms with Crippen LogP contribution in [0.15, 0.2) is 29.4 Å². The summed E-state index contributed by atoms with van der Waals surface area (Å²) in [5, 5.41) is 3.68. The molecule has 1 aromatic carbocycles. The lowest BCUT2D eigenvalue weighted by Gasteiger charge is -2.01. The van der Waals surface area contributed by atoms with E-state index >= 15 is 0 Å². The van der Waals surface area contributed by atoms with Crippen LogP contribution in [0.5, 0.6) is 5.75 Å². The molecule has 0 aromatic heterocycles. The van der Waals surface area contributed by atoms with Gasteiger partial charge in [-0.2, -0.15) is 5.10 Å². The fourth-order valence-corrected chi connectivity index (χ4v) is 2.03. The summed E-state index contributed by atoms with van der Waals surface area (Å²) in [5.74, 6) is 0.821. The van der Waals surface area contributed by atoms with Gasteiger partial charge in [0.2, 0.25) is 10.0 Å². The van der Waals surface area contributed by atoms with Crippen molar-refractivity contribution in [1.82, 2.24) is 4.83 Å². The van der Waals surface area contributed by atoms with Crippen LogP contribution in [0.3, 0.4) is 0 Å². The summed E-state index contributed by atoms with van der Waals surface area (Å²) in [6.45, 7) is 1.80. The van der Waals surface area contributed by atoms with E-state index in [9.17, 15) is 8.42 Å². The van der Waals surface area contributed by atoms with E-state index in [0.29, 0.717) is 6.42 Å². The number of hydrogen-bond acceptors (Lipinski definition) is 4. The van der Waals surface area contributed by atoms with E-state index in [1.54, 1.807) is 38.3 Å². The van der Waals surface area contributed by atoms with Gasteiger partial charge in [0.25, 0.3) is 0 Å². The summed E-state index contributed by atoms with van der Waals surface area (Å²) in [7, 11) is -1.70. The average molecular weight is 256 g/mol. The van der Waals surface area contributed by atoms with Crippen LogP contribution in [-0.4, -0.2) is 27.5 Å². The number of nitrogens with zero attached hydrogens (tertiary/aromatic N) is 1. The van der Waals surface area contributed by atoms with Gasteiger partial charge in [-0.05, 0) is 36.2 Å². The van der Waals surface area contributed by atoms with E-state index in [1.807, 2.05) is 0 Å². The zero-order valence-electron chi connectivity index (χ0n) is 9.88. The van der Waals surface area contributed by atoms with Crippen molar-refractivity contribution in [2.45, 2.75) is 13.3 Å². The van der Waals surface area contributed by atoms with Crippen LogP contribution in [0, 0.1) is 0 Å². The molecule has 0 saturated carbocycles. The standard InChI is InChI=1S/C11H16N2O3S/c1-3-8-17(14,15)13-12-9-10-4-6-11(16-2)7-5-10/h4-7,9,13H,3,8H2,1-2H3/b12-9-. The number of methoxy groups -OCH3 is 1. The molecule has 1 aromatic rings. The lowest BCUT2D eigenvalue weighted by atomic mass is 10.2. The van der Waals surface area contributed by atoms with Crippen molar-refractivity contribution in [2.75, 3.05) is 12.9 Å². The van der Waals surface area contributed by atoms with E-state index in [0.717, 1.165) is 11.3 Å². The molecule has 0 aliphatic carbocycles. The molecule has 0 bridgehead atoms. The van der Waals surface area contributed by atoms with Crippen molar-refractivity contribution in [3.8, 4) is 5.75 Å². The van der Waals surface area contributed by atoms with E-state index in [-0.39, 0.29) is 5.75 Å². The molecule has 6 heteroatoms. The zero-order valence-corrected chi connectivity index (χ0v) is 10.7. The summed E-state index contributed by atoms with van der Waals surface area (Å²) >= 11 is 0. The lowest BCUT2D eigenvalue weighted by molar-refractivity contribution is 0.415. The van der Waals surface area contributed by atoms with Crippen LogP contribution in [0.4, 0.5) is 0 Å². The number of nitrogens with one attached hydrogen (secondary N) is 1. The maximum atomic E-state index is 11.3. The molecule has 0 amide bonds. The molecule has 17 heavy (non-hydrogen) atoms. The second-order valence-corrected chi connectivity index (χ2v) is 5.26. The Kier molecular flexibility index (Phi) is 4.96. The van der Waals surface area contributed by atoms with Gasteiger partial charge in [0, 0.05) is 0 Å². The Morgan fingerprint density at radius 1 is 1.35 bits per heavy atom. The van der Waals surface area contributed by atoms with Crippen molar-refractivity contribution in [2.24, 2.45) is 5.10 Å². The Morgan fingerprint density at radius 3 is 2.53 bits per heavy atom. The Labute approximate surface area is 102 Å². The van der Waals surface area contributed by atoms with Crippen molar-refractivity contribution < 1.29 is 13.2 Å². The fraction of sp³-hybridized carbons (Fsp3) is 0.364. The summed E-state index contributed by atoms with van der Waals surface area (Å²) in [6, 6.07) is 7.14. The quantitative estimate of drug-likeness (QED) is 0.617. The third-order valence-corrected chi connectivity index (χ3v) is 3.32. The maximum Gasteiger partial charge on any atom is 0.247 e. The van der Waals surface area contributed by atoms with E-state index in [4.69, 9.17) is 4.74 Å². The van der Waals surface area contributed by atoms with Gasteiger partial charge in [-0.25, -0.2) is 13.2 Å². The second kappa shape index (κ2) is 6.24. The largest absolute Gasteiger partial charge is 0.497 e. The number of benzene rings is 1. The molecular weight excluding hydrogens is 240 g/mol. The van der Waals surface area contributed by atoms with Crippen molar-refractivity contribution in [1.29, 1.82) is 0 Å². The van der Waals surface area contributed by atoms with Gasteiger partial charge in [-0.3, -0.25) is 0 Å². The summed E-state index contributed by atoms with van der Waals surface area (Å²) in [6.07, 6.45) is 2.01. The van der Waals surface area contributed by atoms with Gasteiger partial charge in [0.05, 0.1) is 19.1 Å². The van der Waals surface area contributed by atoms with Gasteiger partial charge in [-0.15, -0.1) is 0 Å². The highest BCUT2D eigenvalue weighted by molar-refractivity contribution is 7.89. The molecule has 94 valence electrons. The topological polar surface area (TPSA) is 67.8 Å². The minimum atomic E-state index is -3.29. The first-order chi connectivity index (χ1) is 8.07. The Balaban J connectivity index is 2.59. The van der Waals surface area contributed by atoms with Gasteiger partial charge in [0.15, 0.2) is 0 Å². The van der Waals surface area contributed by atoms with Gasteiger partial charge < -0.3 is 4.74 Å².